The minimum Gasteiger partial charge on any atom is -0.396 e. The summed E-state index contributed by atoms with van der Waals surface area (Å²) in [6.45, 7) is 0.972. The number of aliphatic hydroxyl groups is 1. The molecule has 1 heterocycles. The van der Waals surface area contributed by atoms with Crippen LogP contribution in [0.3, 0.4) is 0 Å². The molecule has 1 aromatic rings. The van der Waals surface area contributed by atoms with E-state index >= 15 is 0 Å². The molecule has 0 aromatic carbocycles. The Labute approximate surface area is 95.8 Å². The van der Waals surface area contributed by atoms with Crippen LogP contribution in [0.15, 0.2) is 10.8 Å². The summed E-state index contributed by atoms with van der Waals surface area (Å²) in [7, 11) is 0. The van der Waals surface area contributed by atoms with Gasteiger partial charge in [-0.05, 0) is 28.8 Å². The topological polar surface area (TPSA) is 58.0 Å². The van der Waals surface area contributed by atoms with Crippen molar-refractivity contribution in [3.8, 4) is 0 Å². The Bertz CT molecular complexity index is 298. The lowest BCUT2D eigenvalue weighted by atomic mass is 10.3. The zero-order chi connectivity index (χ0) is 10.4. The minimum absolute atomic E-state index is 0.216. The molecule has 0 atom stereocenters. The quantitative estimate of drug-likeness (QED) is 0.640. The molecular formula is C8H11BrClN3O. The van der Waals surface area contributed by atoms with Crippen LogP contribution >= 0.6 is 27.5 Å². The third kappa shape index (κ3) is 3.40. The fourth-order valence-corrected chi connectivity index (χ4v) is 1.39. The largest absolute Gasteiger partial charge is 0.396 e. The van der Waals surface area contributed by atoms with Gasteiger partial charge in [-0.3, -0.25) is 0 Å². The third-order valence-electron chi connectivity index (χ3n) is 1.62. The van der Waals surface area contributed by atoms with Crippen molar-refractivity contribution in [2.45, 2.75) is 12.8 Å². The van der Waals surface area contributed by atoms with Crippen molar-refractivity contribution in [2.24, 2.45) is 0 Å². The summed E-state index contributed by atoms with van der Waals surface area (Å²) in [5, 5.41) is 12.1. The first-order chi connectivity index (χ1) is 6.75. The van der Waals surface area contributed by atoms with Gasteiger partial charge in [0.1, 0.15) is 17.3 Å². The number of aliphatic hydroxyl groups excluding tert-OH is 1. The Balaban J connectivity index is 2.46. The lowest BCUT2D eigenvalue weighted by Crippen LogP contribution is -2.05. The highest BCUT2D eigenvalue weighted by molar-refractivity contribution is 9.10. The highest BCUT2D eigenvalue weighted by atomic mass is 79.9. The Morgan fingerprint density at radius 1 is 1.43 bits per heavy atom. The molecule has 0 bridgehead atoms. The average Bonchev–Trinajstić information content (AvgIpc) is 2.19. The fourth-order valence-electron chi connectivity index (χ4n) is 0.915. The Kier molecular flexibility index (Phi) is 5.14. The zero-order valence-electron chi connectivity index (χ0n) is 7.50. The molecule has 78 valence electrons. The van der Waals surface area contributed by atoms with Crippen LogP contribution in [0.4, 0.5) is 5.82 Å². The molecule has 0 unspecified atom stereocenters. The second kappa shape index (κ2) is 6.16. The Hall–Kier alpha value is -0.390. The van der Waals surface area contributed by atoms with Gasteiger partial charge >= 0.3 is 0 Å². The van der Waals surface area contributed by atoms with Gasteiger partial charge in [0, 0.05) is 13.2 Å². The van der Waals surface area contributed by atoms with E-state index in [0.29, 0.717) is 15.4 Å². The van der Waals surface area contributed by atoms with Crippen molar-refractivity contribution in [3.05, 3.63) is 16.0 Å². The molecule has 4 nitrogen and oxygen atoms in total. The van der Waals surface area contributed by atoms with E-state index in [1.54, 1.807) is 0 Å². The van der Waals surface area contributed by atoms with Gasteiger partial charge in [-0.25, -0.2) is 9.97 Å². The van der Waals surface area contributed by atoms with Gasteiger partial charge < -0.3 is 10.4 Å². The number of rotatable bonds is 5. The first kappa shape index (κ1) is 11.7. The first-order valence-corrected chi connectivity index (χ1v) is 5.43. The molecule has 0 radical (unpaired) electrons. The van der Waals surface area contributed by atoms with E-state index in [0.717, 1.165) is 19.4 Å². The number of hydrogen-bond donors (Lipinski definition) is 2. The summed E-state index contributed by atoms with van der Waals surface area (Å²) in [6.07, 6.45) is 3.08. The molecule has 0 saturated carbocycles. The van der Waals surface area contributed by atoms with E-state index in [4.69, 9.17) is 16.7 Å². The van der Waals surface area contributed by atoms with Gasteiger partial charge in [0.15, 0.2) is 0 Å². The molecule has 0 amide bonds. The van der Waals surface area contributed by atoms with E-state index in [9.17, 15) is 0 Å². The number of aromatic nitrogens is 2. The van der Waals surface area contributed by atoms with Gasteiger partial charge in [0.25, 0.3) is 0 Å². The van der Waals surface area contributed by atoms with Crippen molar-refractivity contribution in [1.82, 2.24) is 9.97 Å². The van der Waals surface area contributed by atoms with Gasteiger partial charge in [0.05, 0.1) is 4.47 Å². The second-order valence-corrected chi connectivity index (χ2v) is 3.84. The fraction of sp³-hybridized carbons (Fsp3) is 0.500. The van der Waals surface area contributed by atoms with Crippen molar-refractivity contribution < 1.29 is 5.11 Å². The molecule has 0 aliphatic carbocycles. The predicted octanol–water partition coefficient (Wildman–Crippen LogP) is 2.08. The number of anilines is 1. The van der Waals surface area contributed by atoms with Gasteiger partial charge in [-0.1, -0.05) is 11.6 Å². The molecule has 1 rings (SSSR count). The summed E-state index contributed by atoms with van der Waals surface area (Å²) in [5.41, 5.74) is 0. The molecule has 0 fully saturated rings. The van der Waals surface area contributed by atoms with Gasteiger partial charge in [-0.2, -0.15) is 0 Å². The highest BCUT2D eigenvalue weighted by Crippen LogP contribution is 2.25. The van der Waals surface area contributed by atoms with E-state index < -0.39 is 0 Å². The monoisotopic (exact) mass is 279 g/mol. The van der Waals surface area contributed by atoms with Crippen LogP contribution in [0.1, 0.15) is 12.8 Å². The molecule has 6 heteroatoms. The Morgan fingerprint density at radius 2 is 2.21 bits per heavy atom. The molecule has 0 spiro atoms. The molecule has 14 heavy (non-hydrogen) atoms. The van der Waals surface area contributed by atoms with Gasteiger partial charge in [0.2, 0.25) is 0 Å². The maximum atomic E-state index is 8.58. The van der Waals surface area contributed by atoms with E-state index in [1.165, 1.54) is 6.33 Å². The van der Waals surface area contributed by atoms with E-state index in [-0.39, 0.29) is 6.61 Å². The van der Waals surface area contributed by atoms with E-state index in [1.807, 2.05) is 0 Å². The summed E-state index contributed by atoms with van der Waals surface area (Å²) >= 11 is 9.06. The lowest BCUT2D eigenvalue weighted by molar-refractivity contribution is 0.286. The van der Waals surface area contributed by atoms with Crippen LogP contribution in [0.2, 0.25) is 5.15 Å². The molecule has 0 saturated heterocycles. The smallest absolute Gasteiger partial charge is 0.148 e. The Morgan fingerprint density at radius 3 is 2.93 bits per heavy atom. The predicted molar refractivity (Wildman–Crippen MR) is 59.6 cm³/mol. The van der Waals surface area contributed by atoms with Crippen molar-refractivity contribution in [2.75, 3.05) is 18.5 Å². The van der Waals surface area contributed by atoms with Crippen LogP contribution < -0.4 is 5.32 Å². The zero-order valence-corrected chi connectivity index (χ0v) is 9.85. The summed E-state index contributed by atoms with van der Waals surface area (Å²) in [6, 6.07) is 0. The first-order valence-electron chi connectivity index (χ1n) is 4.26. The van der Waals surface area contributed by atoms with Crippen molar-refractivity contribution in [3.63, 3.8) is 0 Å². The summed E-state index contributed by atoms with van der Waals surface area (Å²) in [4.78, 5) is 7.83. The number of hydrogen-bond acceptors (Lipinski definition) is 4. The molecule has 0 aliphatic rings. The third-order valence-corrected chi connectivity index (χ3v) is 2.89. The SMILES string of the molecule is OCCCCNc1ncnc(Cl)c1Br. The lowest BCUT2D eigenvalue weighted by Gasteiger charge is -2.06. The number of nitrogens with one attached hydrogen (secondary N) is 1. The van der Waals surface area contributed by atoms with Crippen molar-refractivity contribution >= 4 is 33.3 Å². The second-order valence-electron chi connectivity index (χ2n) is 2.68. The number of halogens is 2. The van der Waals surface area contributed by atoms with E-state index in [2.05, 4.69) is 31.2 Å². The van der Waals surface area contributed by atoms with Crippen LogP contribution in [0.5, 0.6) is 0 Å². The van der Waals surface area contributed by atoms with Crippen LogP contribution in [-0.4, -0.2) is 28.2 Å². The van der Waals surface area contributed by atoms with Crippen LogP contribution in [-0.2, 0) is 0 Å². The maximum Gasteiger partial charge on any atom is 0.148 e. The van der Waals surface area contributed by atoms with Crippen LogP contribution in [0.25, 0.3) is 0 Å². The highest BCUT2D eigenvalue weighted by Gasteiger charge is 2.04. The number of unbranched alkanes of at least 4 members (excludes halogenated alkanes) is 1. The minimum atomic E-state index is 0.216. The maximum absolute atomic E-state index is 8.58. The number of nitrogens with zero attached hydrogens (tertiary/aromatic N) is 2. The molecule has 2 N–H and O–H groups in total. The van der Waals surface area contributed by atoms with Crippen molar-refractivity contribution in [1.29, 1.82) is 0 Å². The van der Waals surface area contributed by atoms with Gasteiger partial charge in [-0.15, -0.1) is 0 Å². The normalized spacial score (nSPS) is 10.2. The average molecular weight is 281 g/mol. The molecule has 0 aliphatic heterocycles. The standard InChI is InChI=1S/C8H11BrClN3O/c9-6-7(10)12-5-13-8(6)11-3-1-2-4-14/h5,14H,1-4H2,(H,11,12,13). The van der Waals surface area contributed by atoms with Crippen LogP contribution in [0, 0.1) is 0 Å². The molecular weight excluding hydrogens is 269 g/mol. The summed E-state index contributed by atoms with van der Waals surface area (Å²) in [5.74, 6) is 0.683. The molecule has 1 aromatic heterocycles. The summed E-state index contributed by atoms with van der Waals surface area (Å²) < 4.78 is 0.672.